The Hall–Kier alpha value is -4.56. The zero-order valence-electron chi connectivity index (χ0n) is 22.3. The van der Waals surface area contributed by atoms with Gasteiger partial charge in [-0.1, -0.05) is 54.1 Å². The molecule has 7 rings (SSSR count). The van der Waals surface area contributed by atoms with E-state index in [0.29, 0.717) is 12.4 Å². The number of nitrogens with zero attached hydrogens (tertiary/aromatic N) is 4. The molecule has 0 amide bonds. The van der Waals surface area contributed by atoms with Gasteiger partial charge in [0.25, 0.3) is 0 Å². The summed E-state index contributed by atoms with van der Waals surface area (Å²) in [5.41, 5.74) is 9.65. The molecule has 0 saturated carbocycles. The van der Waals surface area contributed by atoms with Gasteiger partial charge in [0.2, 0.25) is 5.82 Å². The lowest BCUT2D eigenvalue weighted by atomic mass is 9.85. The molecule has 6 aromatic rings. The van der Waals surface area contributed by atoms with Crippen LogP contribution in [-0.2, 0) is 0 Å². The van der Waals surface area contributed by atoms with Gasteiger partial charge in [-0.25, -0.2) is 4.98 Å². The van der Waals surface area contributed by atoms with Crippen molar-refractivity contribution in [1.82, 2.24) is 25.6 Å². The minimum Gasteiger partial charge on any atom is -0.491 e. The van der Waals surface area contributed by atoms with Crippen LogP contribution < -0.4 is 10.1 Å². The van der Waals surface area contributed by atoms with E-state index in [1.807, 2.05) is 6.92 Å². The first kappa shape index (κ1) is 24.5. The molecule has 40 heavy (non-hydrogen) atoms. The molecule has 8 heteroatoms. The van der Waals surface area contributed by atoms with Crippen molar-refractivity contribution in [3.8, 4) is 28.3 Å². The maximum Gasteiger partial charge on any atom is 0.205 e. The Balaban J connectivity index is 1.43. The summed E-state index contributed by atoms with van der Waals surface area (Å²) in [5.74, 6) is 1.69. The van der Waals surface area contributed by atoms with Crippen LogP contribution in [0.25, 0.3) is 32.7 Å². The van der Waals surface area contributed by atoms with Gasteiger partial charge in [0.1, 0.15) is 5.75 Å². The monoisotopic (exact) mass is 544 g/mol. The SMILES string of the molecule is Cc1ccc(-c2nn[nH]n2)c(-c2cc(Nc3ccc4nc(C)sc4c3)c3c(c2)C(c2ccccc2)CCCO3)c1. The number of hydrogen-bond donors (Lipinski definition) is 2. The first-order valence-electron chi connectivity index (χ1n) is 13.5. The second kappa shape index (κ2) is 10.2. The van der Waals surface area contributed by atoms with E-state index in [4.69, 9.17) is 4.74 Å². The molecule has 3 heterocycles. The molecule has 0 fully saturated rings. The molecule has 1 aliphatic rings. The van der Waals surface area contributed by atoms with Crippen molar-refractivity contribution in [2.24, 2.45) is 0 Å². The third-order valence-electron chi connectivity index (χ3n) is 7.43. The summed E-state index contributed by atoms with van der Waals surface area (Å²) < 4.78 is 7.66. The van der Waals surface area contributed by atoms with Crippen LogP contribution in [0.3, 0.4) is 0 Å². The van der Waals surface area contributed by atoms with Gasteiger partial charge in [0.05, 0.1) is 27.5 Å². The van der Waals surface area contributed by atoms with Crippen LogP contribution in [0, 0.1) is 13.8 Å². The number of hydrogen-bond acceptors (Lipinski definition) is 7. The predicted molar refractivity (Wildman–Crippen MR) is 160 cm³/mol. The number of benzene rings is 4. The smallest absolute Gasteiger partial charge is 0.205 e. The highest BCUT2D eigenvalue weighted by Crippen LogP contribution is 2.46. The summed E-state index contributed by atoms with van der Waals surface area (Å²) in [7, 11) is 0. The molecule has 1 atom stereocenters. The number of aryl methyl sites for hydroxylation is 2. The van der Waals surface area contributed by atoms with Gasteiger partial charge in [0.15, 0.2) is 0 Å². The van der Waals surface area contributed by atoms with E-state index in [9.17, 15) is 0 Å². The van der Waals surface area contributed by atoms with Crippen molar-refractivity contribution in [1.29, 1.82) is 0 Å². The Morgan fingerprint density at radius 2 is 1.85 bits per heavy atom. The van der Waals surface area contributed by atoms with E-state index in [-0.39, 0.29) is 5.92 Å². The third kappa shape index (κ3) is 4.60. The minimum atomic E-state index is 0.212. The molecule has 2 N–H and O–H groups in total. The lowest BCUT2D eigenvalue weighted by Crippen LogP contribution is -2.04. The minimum absolute atomic E-state index is 0.212. The number of nitrogens with one attached hydrogen (secondary N) is 2. The largest absolute Gasteiger partial charge is 0.491 e. The van der Waals surface area contributed by atoms with Crippen LogP contribution in [-0.4, -0.2) is 32.2 Å². The van der Waals surface area contributed by atoms with Gasteiger partial charge >= 0.3 is 0 Å². The number of ether oxygens (including phenoxy) is 1. The molecular weight excluding hydrogens is 516 g/mol. The van der Waals surface area contributed by atoms with Crippen molar-refractivity contribution in [2.45, 2.75) is 32.6 Å². The number of anilines is 2. The van der Waals surface area contributed by atoms with E-state index < -0.39 is 0 Å². The molecule has 7 nitrogen and oxygen atoms in total. The quantitative estimate of drug-likeness (QED) is 0.230. The van der Waals surface area contributed by atoms with Crippen LogP contribution in [0.15, 0.2) is 78.9 Å². The van der Waals surface area contributed by atoms with Crippen LogP contribution in [0.4, 0.5) is 11.4 Å². The summed E-state index contributed by atoms with van der Waals surface area (Å²) in [5, 5.41) is 19.8. The number of rotatable bonds is 5. The average Bonchev–Trinajstić information content (AvgIpc) is 3.57. The molecule has 4 aromatic carbocycles. The molecule has 1 aliphatic heterocycles. The highest BCUT2D eigenvalue weighted by atomic mass is 32.1. The zero-order chi connectivity index (χ0) is 27.1. The van der Waals surface area contributed by atoms with Crippen molar-refractivity contribution in [3.63, 3.8) is 0 Å². The molecule has 198 valence electrons. The molecular formula is C32H28N6OS. The highest BCUT2D eigenvalue weighted by Gasteiger charge is 2.26. The molecule has 0 aliphatic carbocycles. The predicted octanol–water partition coefficient (Wildman–Crippen LogP) is 7.81. The van der Waals surface area contributed by atoms with E-state index in [2.05, 4.69) is 117 Å². The number of fused-ring (bicyclic) bond motifs is 2. The normalized spacial score (nSPS) is 14.9. The van der Waals surface area contributed by atoms with Crippen LogP contribution in [0.2, 0.25) is 0 Å². The second-order valence-corrected chi connectivity index (χ2v) is 11.5. The maximum atomic E-state index is 6.50. The lowest BCUT2D eigenvalue weighted by Gasteiger charge is -2.22. The molecule has 0 bridgehead atoms. The lowest BCUT2D eigenvalue weighted by molar-refractivity contribution is 0.318. The Bertz CT molecular complexity index is 1810. The van der Waals surface area contributed by atoms with Gasteiger partial charge in [-0.15, -0.1) is 21.5 Å². The topological polar surface area (TPSA) is 88.6 Å². The molecule has 1 unspecified atom stereocenters. The second-order valence-electron chi connectivity index (χ2n) is 10.2. The third-order valence-corrected chi connectivity index (χ3v) is 8.36. The fourth-order valence-corrected chi connectivity index (χ4v) is 6.48. The summed E-state index contributed by atoms with van der Waals surface area (Å²) in [6, 6.07) is 27.9. The van der Waals surface area contributed by atoms with Gasteiger partial charge < -0.3 is 10.1 Å². The number of aromatic amines is 1. The van der Waals surface area contributed by atoms with Gasteiger partial charge in [-0.3, -0.25) is 0 Å². The fourth-order valence-electron chi connectivity index (χ4n) is 5.61. The van der Waals surface area contributed by atoms with Crippen molar-refractivity contribution < 1.29 is 4.74 Å². The standard InChI is InChI=1S/C32H28N6OS/c1-19-10-12-25(32-35-37-38-36-32)26(15-19)22-16-27-24(21-7-4-3-5-8-21)9-6-14-39-31(27)29(17-22)34-23-11-13-28-30(18-23)40-20(2)33-28/h3-5,7-8,10-13,15-18,24,34H,6,9,14H2,1-2H3,(H,35,36,37,38). The number of thiazole rings is 1. The van der Waals surface area contributed by atoms with Gasteiger partial charge in [-0.05, 0) is 78.9 Å². The summed E-state index contributed by atoms with van der Waals surface area (Å²) in [6.45, 7) is 4.83. The number of aromatic nitrogens is 5. The highest BCUT2D eigenvalue weighted by molar-refractivity contribution is 7.18. The van der Waals surface area contributed by atoms with Crippen molar-refractivity contribution >= 4 is 32.9 Å². The van der Waals surface area contributed by atoms with Gasteiger partial charge in [-0.2, -0.15) is 5.21 Å². The first-order valence-corrected chi connectivity index (χ1v) is 14.3. The van der Waals surface area contributed by atoms with Gasteiger partial charge in [0, 0.05) is 22.7 Å². The zero-order valence-corrected chi connectivity index (χ0v) is 23.1. The van der Waals surface area contributed by atoms with Crippen LogP contribution >= 0.6 is 11.3 Å². The Morgan fingerprint density at radius 3 is 2.70 bits per heavy atom. The Morgan fingerprint density at radius 1 is 0.950 bits per heavy atom. The van der Waals surface area contributed by atoms with E-state index in [1.54, 1.807) is 11.3 Å². The number of tetrazole rings is 1. The van der Waals surface area contributed by atoms with Crippen molar-refractivity contribution in [3.05, 3.63) is 101 Å². The van der Waals surface area contributed by atoms with E-state index >= 15 is 0 Å². The van der Waals surface area contributed by atoms with E-state index in [1.165, 1.54) is 11.1 Å². The molecule has 0 radical (unpaired) electrons. The number of H-pyrrole nitrogens is 1. The van der Waals surface area contributed by atoms with Crippen LogP contribution in [0.5, 0.6) is 5.75 Å². The molecule has 0 saturated heterocycles. The Kier molecular flexibility index (Phi) is 6.24. The first-order chi connectivity index (χ1) is 19.6. The van der Waals surface area contributed by atoms with Crippen molar-refractivity contribution in [2.75, 3.05) is 11.9 Å². The molecule has 0 spiro atoms. The fraction of sp³-hybridized carbons (Fsp3) is 0.188. The summed E-state index contributed by atoms with van der Waals surface area (Å²) >= 11 is 1.70. The summed E-state index contributed by atoms with van der Waals surface area (Å²) in [6.07, 6.45) is 1.99. The Labute approximate surface area is 236 Å². The molecule has 2 aromatic heterocycles. The summed E-state index contributed by atoms with van der Waals surface area (Å²) in [4.78, 5) is 4.63. The average molecular weight is 545 g/mol. The van der Waals surface area contributed by atoms with E-state index in [0.717, 1.165) is 67.4 Å². The van der Waals surface area contributed by atoms with Crippen LogP contribution in [0.1, 0.15) is 40.5 Å². The maximum absolute atomic E-state index is 6.50.